The van der Waals surface area contributed by atoms with Gasteiger partial charge in [0.15, 0.2) is 0 Å². The minimum absolute atomic E-state index is 0.0619. The van der Waals surface area contributed by atoms with Crippen LogP contribution in [0.4, 0.5) is 8.78 Å². The molecule has 0 saturated carbocycles. The Morgan fingerprint density at radius 1 is 1.25 bits per heavy atom. The maximum atomic E-state index is 13.3. The van der Waals surface area contributed by atoms with E-state index in [1.807, 2.05) is 6.92 Å². The largest absolute Gasteiger partial charge is 0.325 e. The molecule has 16 heavy (non-hydrogen) atoms. The summed E-state index contributed by atoms with van der Waals surface area (Å²) in [5, 5.41) is 0.705. The molecule has 0 spiro atoms. The van der Waals surface area contributed by atoms with Crippen molar-refractivity contribution in [2.45, 2.75) is 12.8 Å². The molecule has 2 nitrogen and oxygen atoms in total. The van der Waals surface area contributed by atoms with Crippen LogP contribution in [0.2, 0.25) is 0 Å². The highest BCUT2D eigenvalue weighted by Crippen LogP contribution is 2.28. The van der Waals surface area contributed by atoms with Crippen LogP contribution in [-0.4, -0.2) is 11.5 Å². The molecule has 2 rings (SSSR count). The maximum absolute atomic E-state index is 13.3. The topological polar surface area (TPSA) is 38.9 Å². The third kappa shape index (κ3) is 1.88. The Labute approximate surface area is 92.1 Å². The van der Waals surface area contributed by atoms with Gasteiger partial charge in [-0.3, -0.25) is 4.98 Å². The van der Waals surface area contributed by atoms with Crippen molar-refractivity contribution in [3.63, 3.8) is 0 Å². The van der Waals surface area contributed by atoms with E-state index in [-0.39, 0.29) is 5.56 Å². The zero-order valence-electron chi connectivity index (χ0n) is 8.87. The second kappa shape index (κ2) is 3.79. The van der Waals surface area contributed by atoms with Crippen LogP contribution in [0.1, 0.15) is 11.3 Å². The average molecular weight is 222 g/mol. The number of rotatable bonds is 2. The molecule has 2 N–H and O–H groups in total. The van der Waals surface area contributed by atoms with E-state index in [0.29, 0.717) is 5.39 Å². The molecule has 1 heterocycles. The zero-order chi connectivity index (χ0) is 11.8. The number of aromatic nitrogens is 1. The van der Waals surface area contributed by atoms with Gasteiger partial charge in [-0.2, -0.15) is 8.78 Å². The fourth-order valence-corrected chi connectivity index (χ4v) is 1.57. The van der Waals surface area contributed by atoms with Crippen molar-refractivity contribution in [1.29, 1.82) is 0 Å². The van der Waals surface area contributed by atoms with Crippen LogP contribution in [0.3, 0.4) is 0 Å². The quantitative estimate of drug-likeness (QED) is 0.848. The van der Waals surface area contributed by atoms with Gasteiger partial charge >= 0.3 is 0 Å². The van der Waals surface area contributed by atoms with Crippen LogP contribution in [0.15, 0.2) is 30.3 Å². The Morgan fingerprint density at radius 3 is 2.69 bits per heavy atom. The molecule has 0 bridgehead atoms. The van der Waals surface area contributed by atoms with E-state index in [1.165, 1.54) is 12.1 Å². The van der Waals surface area contributed by atoms with Crippen LogP contribution < -0.4 is 5.73 Å². The van der Waals surface area contributed by atoms with E-state index < -0.39 is 12.5 Å². The van der Waals surface area contributed by atoms with Gasteiger partial charge in [0, 0.05) is 16.6 Å². The first-order valence-electron chi connectivity index (χ1n) is 4.99. The van der Waals surface area contributed by atoms with Gasteiger partial charge in [0.1, 0.15) is 0 Å². The fraction of sp³-hybridized carbons (Fsp3) is 0.250. The minimum atomic E-state index is -2.97. The number of benzene rings is 1. The fourth-order valence-electron chi connectivity index (χ4n) is 1.57. The van der Waals surface area contributed by atoms with Crippen molar-refractivity contribution < 1.29 is 8.78 Å². The van der Waals surface area contributed by atoms with Crippen molar-refractivity contribution in [2.75, 3.05) is 6.54 Å². The Kier molecular flexibility index (Phi) is 2.59. The second-order valence-electron chi connectivity index (χ2n) is 3.77. The standard InChI is InChI=1S/C12H12F2N2/c1-8-2-3-9-6-10(12(13,14)7-15)4-5-11(9)16-8/h2-6H,7,15H2,1H3. The SMILES string of the molecule is Cc1ccc2cc(C(F)(F)CN)ccc2n1. The molecule has 84 valence electrons. The predicted octanol–water partition coefficient (Wildman–Crippen LogP) is 2.59. The summed E-state index contributed by atoms with van der Waals surface area (Å²) in [4.78, 5) is 4.25. The number of alkyl halides is 2. The highest BCUT2D eigenvalue weighted by atomic mass is 19.3. The predicted molar refractivity (Wildman–Crippen MR) is 59.4 cm³/mol. The van der Waals surface area contributed by atoms with Gasteiger partial charge in [0.25, 0.3) is 5.92 Å². The molecule has 0 unspecified atom stereocenters. The van der Waals surface area contributed by atoms with Crippen LogP contribution in [0, 0.1) is 6.92 Å². The summed E-state index contributed by atoms with van der Waals surface area (Å²) in [5.41, 5.74) is 6.56. The van der Waals surface area contributed by atoms with Gasteiger partial charge < -0.3 is 5.73 Å². The highest BCUT2D eigenvalue weighted by Gasteiger charge is 2.29. The van der Waals surface area contributed by atoms with Gasteiger partial charge in [0.2, 0.25) is 0 Å². The molecular formula is C12H12F2N2. The van der Waals surface area contributed by atoms with Crippen molar-refractivity contribution in [1.82, 2.24) is 4.98 Å². The summed E-state index contributed by atoms with van der Waals surface area (Å²) in [7, 11) is 0. The zero-order valence-corrected chi connectivity index (χ0v) is 8.87. The molecule has 2 aromatic rings. The summed E-state index contributed by atoms with van der Waals surface area (Å²) in [6, 6.07) is 8.00. The van der Waals surface area contributed by atoms with Gasteiger partial charge in [-0.25, -0.2) is 0 Å². The molecule has 0 fully saturated rings. The second-order valence-corrected chi connectivity index (χ2v) is 3.77. The molecule has 1 aromatic heterocycles. The Morgan fingerprint density at radius 2 is 2.00 bits per heavy atom. The Bertz CT molecular complexity index is 523. The monoisotopic (exact) mass is 222 g/mol. The highest BCUT2D eigenvalue weighted by molar-refractivity contribution is 5.79. The third-order valence-electron chi connectivity index (χ3n) is 2.51. The van der Waals surface area contributed by atoms with Gasteiger partial charge in [-0.1, -0.05) is 12.1 Å². The van der Waals surface area contributed by atoms with Crippen molar-refractivity contribution in [3.05, 3.63) is 41.6 Å². The molecule has 0 aliphatic heterocycles. The molecule has 1 aromatic carbocycles. The van der Waals surface area contributed by atoms with E-state index >= 15 is 0 Å². The van der Waals surface area contributed by atoms with E-state index in [0.717, 1.165) is 11.2 Å². The molecule has 0 radical (unpaired) electrons. The molecule has 4 heteroatoms. The lowest BCUT2D eigenvalue weighted by Crippen LogP contribution is -2.24. The number of hydrogen-bond donors (Lipinski definition) is 1. The number of nitrogens with zero attached hydrogens (tertiary/aromatic N) is 1. The van der Waals surface area contributed by atoms with Crippen molar-refractivity contribution in [2.24, 2.45) is 5.73 Å². The number of hydrogen-bond acceptors (Lipinski definition) is 2. The van der Waals surface area contributed by atoms with Crippen LogP contribution in [0.5, 0.6) is 0 Å². The third-order valence-corrected chi connectivity index (χ3v) is 2.51. The first-order chi connectivity index (χ1) is 7.53. The summed E-state index contributed by atoms with van der Waals surface area (Å²) in [6.07, 6.45) is 0. The normalized spacial score (nSPS) is 12.0. The van der Waals surface area contributed by atoms with Crippen LogP contribution in [0.25, 0.3) is 10.9 Å². The summed E-state index contributed by atoms with van der Waals surface area (Å²) >= 11 is 0. The Hall–Kier alpha value is -1.55. The summed E-state index contributed by atoms with van der Waals surface area (Å²) in [5.74, 6) is -2.97. The Balaban J connectivity index is 2.57. The lowest BCUT2D eigenvalue weighted by Gasteiger charge is -2.14. The molecule has 0 aliphatic rings. The van der Waals surface area contributed by atoms with Crippen LogP contribution >= 0.6 is 0 Å². The molecular weight excluding hydrogens is 210 g/mol. The van der Waals surface area contributed by atoms with E-state index in [9.17, 15) is 8.78 Å². The lowest BCUT2D eigenvalue weighted by atomic mass is 10.1. The number of halogens is 2. The first-order valence-corrected chi connectivity index (χ1v) is 4.99. The van der Waals surface area contributed by atoms with Crippen LogP contribution in [-0.2, 0) is 5.92 Å². The van der Waals surface area contributed by atoms with Gasteiger partial charge in [0.05, 0.1) is 12.1 Å². The number of fused-ring (bicyclic) bond motifs is 1. The van der Waals surface area contributed by atoms with E-state index in [1.54, 1.807) is 18.2 Å². The lowest BCUT2D eigenvalue weighted by molar-refractivity contribution is 0.00608. The van der Waals surface area contributed by atoms with E-state index in [2.05, 4.69) is 4.98 Å². The number of pyridine rings is 1. The smallest absolute Gasteiger partial charge is 0.285 e. The van der Waals surface area contributed by atoms with Crippen molar-refractivity contribution >= 4 is 10.9 Å². The van der Waals surface area contributed by atoms with Gasteiger partial charge in [-0.15, -0.1) is 0 Å². The minimum Gasteiger partial charge on any atom is -0.325 e. The summed E-state index contributed by atoms with van der Waals surface area (Å²) in [6.45, 7) is 1.18. The average Bonchev–Trinajstić information content (AvgIpc) is 2.28. The maximum Gasteiger partial charge on any atom is 0.285 e. The number of aryl methyl sites for hydroxylation is 1. The molecule has 0 atom stereocenters. The molecule has 0 aliphatic carbocycles. The molecule has 0 saturated heterocycles. The van der Waals surface area contributed by atoms with E-state index in [4.69, 9.17) is 5.73 Å². The number of nitrogens with two attached hydrogens (primary N) is 1. The first kappa shape index (κ1) is 11.0. The van der Waals surface area contributed by atoms with Crippen molar-refractivity contribution in [3.8, 4) is 0 Å². The van der Waals surface area contributed by atoms with Gasteiger partial charge in [-0.05, 0) is 25.1 Å². The molecule has 0 amide bonds. The summed E-state index contributed by atoms with van der Waals surface area (Å²) < 4.78 is 26.7.